The van der Waals surface area contributed by atoms with E-state index in [0.717, 1.165) is 41.2 Å². The van der Waals surface area contributed by atoms with Gasteiger partial charge in [0.25, 0.3) is 0 Å². The lowest BCUT2D eigenvalue weighted by Gasteiger charge is -2.28. The molecule has 1 saturated carbocycles. The molecule has 0 radical (unpaired) electrons. The average Bonchev–Trinajstić information content (AvgIpc) is 3.39. The molecule has 0 unspecified atom stereocenters. The number of benzene rings is 2. The summed E-state index contributed by atoms with van der Waals surface area (Å²) in [6, 6.07) is 16.2. The quantitative estimate of drug-likeness (QED) is 0.578. The van der Waals surface area contributed by atoms with Crippen LogP contribution in [0.15, 0.2) is 60.7 Å². The van der Waals surface area contributed by atoms with Crippen LogP contribution in [0, 0.1) is 0 Å². The number of amides is 2. The summed E-state index contributed by atoms with van der Waals surface area (Å²) in [6.45, 7) is 0.262. The molecular formula is C25H26N2O5. The van der Waals surface area contributed by atoms with Gasteiger partial charge in [-0.15, -0.1) is 0 Å². The van der Waals surface area contributed by atoms with Gasteiger partial charge in [0, 0.05) is 18.5 Å². The number of nitrogens with one attached hydrogen (secondary N) is 2. The highest BCUT2D eigenvalue weighted by Gasteiger charge is 2.43. The van der Waals surface area contributed by atoms with Crippen molar-refractivity contribution in [2.75, 3.05) is 13.2 Å². The molecule has 0 spiro atoms. The van der Waals surface area contributed by atoms with Crippen molar-refractivity contribution in [1.82, 2.24) is 10.6 Å². The predicted molar refractivity (Wildman–Crippen MR) is 119 cm³/mol. The number of carboxylic acid groups (broad SMARTS) is 1. The lowest BCUT2D eigenvalue weighted by Crippen LogP contribution is -2.57. The van der Waals surface area contributed by atoms with Crippen LogP contribution < -0.4 is 10.6 Å². The minimum atomic E-state index is -1.08. The topological polar surface area (TPSA) is 105 Å². The van der Waals surface area contributed by atoms with Gasteiger partial charge in [0.1, 0.15) is 12.1 Å². The van der Waals surface area contributed by atoms with Crippen molar-refractivity contribution in [1.29, 1.82) is 0 Å². The first-order chi connectivity index (χ1) is 15.5. The van der Waals surface area contributed by atoms with Gasteiger partial charge in [0.2, 0.25) is 5.91 Å². The zero-order valence-electron chi connectivity index (χ0n) is 17.7. The second-order valence-corrected chi connectivity index (χ2v) is 8.19. The van der Waals surface area contributed by atoms with E-state index in [1.165, 1.54) is 6.08 Å². The van der Waals surface area contributed by atoms with Crippen LogP contribution in [0.3, 0.4) is 0 Å². The van der Waals surface area contributed by atoms with Gasteiger partial charge in [-0.25, -0.2) is 9.59 Å². The molecule has 2 aliphatic carbocycles. The number of carbonyl (C=O) groups excluding carboxylic acids is 2. The molecule has 2 aliphatic rings. The van der Waals surface area contributed by atoms with Gasteiger partial charge in [0.15, 0.2) is 0 Å². The standard InChI is InChI=1S/C25H26N2O5/c28-22(29)12-7-15-26-23(30)25(13-5-6-14-25)27-24(31)32-16-21-19-10-3-1-8-17(19)18-9-2-4-11-20(18)21/h1-4,7-12,21H,5-6,13-16H2,(H,26,30)(H,27,31)(H,28,29)/b12-7+. The lowest BCUT2D eigenvalue weighted by atomic mass is 9.96. The Labute approximate surface area is 186 Å². The van der Waals surface area contributed by atoms with E-state index in [1.54, 1.807) is 0 Å². The number of ether oxygens (including phenoxy) is 1. The molecule has 2 amide bonds. The Kier molecular flexibility index (Phi) is 6.25. The average molecular weight is 434 g/mol. The minimum absolute atomic E-state index is 0.0531. The second kappa shape index (κ2) is 9.26. The van der Waals surface area contributed by atoms with Gasteiger partial charge in [-0.3, -0.25) is 4.79 Å². The van der Waals surface area contributed by atoms with E-state index in [0.29, 0.717) is 12.8 Å². The van der Waals surface area contributed by atoms with Gasteiger partial charge in [-0.2, -0.15) is 0 Å². The number of aliphatic carboxylic acids is 1. The first kappa shape index (κ1) is 21.6. The summed E-state index contributed by atoms with van der Waals surface area (Å²) in [5.41, 5.74) is 3.52. The number of alkyl carbamates (subject to hydrolysis) is 1. The molecule has 0 saturated heterocycles. The number of rotatable bonds is 7. The molecule has 0 aliphatic heterocycles. The fourth-order valence-electron chi connectivity index (χ4n) is 4.70. The molecule has 7 heteroatoms. The van der Waals surface area contributed by atoms with Gasteiger partial charge < -0.3 is 20.5 Å². The van der Waals surface area contributed by atoms with Crippen molar-refractivity contribution in [3.8, 4) is 11.1 Å². The van der Waals surface area contributed by atoms with E-state index in [4.69, 9.17) is 9.84 Å². The van der Waals surface area contributed by atoms with Gasteiger partial charge in [-0.05, 0) is 35.1 Å². The molecule has 2 aromatic carbocycles. The SMILES string of the molecule is O=C(O)/C=C/CNC(=O)C1(NC(=O)OCC2c3ccccc3-c3ccccc32)CCCC1. The Hall–Kier alpha value is -3.61. The third kappa shape index (κ3) is 4.37. The van der Waals surface area contributed by atoms with E-state index in [2.05, 4.69) is 34.9 Å². The molecule has 166 valence electrons. The van der Waals surface area contributed by atoms with Crippen LogP contribution >= 0.6 is 0 Å². The van der Waals surface area contributed by atoms with Crippen molar-refractivity contribution >= 4 is 18.0 Å². The smallest absolute Gasteiger partial charge is 0.408 e. The van der Waals surface area contributed by atoms with Crippen molar-refractivity contribution in [2.45, 2.75) is 37.1 Å². The Morgan fingerprint density at radius 1 is 1.00 bits per heavy atom. The van der Waals surface area contributed by atoms with Crippen molar-refractivity contribution in [2.24, 2.45) is 0 Å². The number of carbonyl (C=O) groups is 3. The second-order valence-electron chi connectivity index (χ2n) is 8.19. The Bertz CT molecular complexity index is 1010. The molecule has 0 atom stereocenters. The summed E-state index contributed by atoms with van der Waals surface area (Å²) in [5.74, 6) is -1.45. The molecule has 7 nitrogen and oxygen atoms in total. The van der Waals surface area contributed by atoms with Gasteiger partial charge >= 0.3 is 12.1 Å². The monoisotopic (exact) mass is 434 g/mol. The maximum atomic E-state index is 12.8. The highest BCUT2D eigenvalue weighted by atomic mass is 16.5. The summed E-state index contributed by atoms with van der Waals surface area (Å²) in [4.78, 5) is 36.0. The molecule has 3 N–H and O–H groups in total. The maximum Gasteiger partial charge on any atom is 0.408 e. The zero-order valence-corrected chi connectivity index (χ0v) is 17.7. The zero-order chi connectivity index (χ0) is 22.6. The largest absolute Gasteiger partial charge is 0.478 e. The molecule has 0 heterocycles. The predicted octanol–water partition coefficient (Wildman–Crippen LogP) is 3.59. The van der Waals surface area contributed by atoms with Crippen LogP contribution in [0.25, 0.3) is 11.1 Å². The fourth-order valence-corrected chi connectivity index (χ4v) is 4.70. The first-order valence-electron chi connectivity index (χ1n) is 10.8. The molecule has 0 aromatic heterocycles. The Balaban J connectivity index is 1.40. The summed E-state index contributed by atoms with van der Waals surface area (Å²) in [6.07, 6.45) is 4.39. The molecule has 32 heavy (non-hydrogen) atoms. The third-order valence-electron chi connectivity index (χ3n) is 6.22. The van der Waals surface area contributed by atoms with Crippen molar-refractivity contribution in [3.63, 3.8) is 0 Å². The highest BCUT2D eigenvalue weighted by molar-refractivity contribution is 5.90. The number of hydrogen-bond donors (Lipinski definition) is 3. The van der Waals surface area contributed by atoms with Crippen LogP contribution in [-0.4, -0.2) is 41.8 Å². The molecule has 2 aromatic rings. The summed E-state index contributed by atoms with van der Waals surface area (Å²) in [5, 5.41) is 14.1. The number of fused-ring (bicyclic) bond motifs is 3. The van der Waals surface area contributed by atoms with E-state index < -0.39 is 17.6 Å². The maximum absolute atomic E-state index is 12.8. The van der Waals surface area contributed by atoms with Crippen LogP contribution in [0.5, 0.6) is 0 Å². The number of carboxylic acids is 1. The van der Waals surface area contributed by atoms with Crippen LogP contribution in [0.2, 0.25) is 0 Å². The van der Waals surface area contributed by atoms with Gasteiger partial charge in [0.05, 0.1) is 0 Å². The van der Waals surface area contributed by atoms with Crippen LogP contribution in [0.1, 0.15) is 42.7 Å². The molecular weight excluding hydrogens is 408 g/mol. The summed E-state index contributed by atoms with van der Waals surface area (Å²) in [7, 11) is 0. The van der Waals surface area contributed by atoms with E-state index in [9.17, 15) is 14.4 Å². The van der Waals surface area contributed by atoms with Crippen molar-refractivity contribution < 1.29 is 24.2 Å². The van der Waals surface area contributed by atoms with E-state index in [-0.39, 0.29) is 25.0 Å². The molecule has 0 bridgehead atoms. The highest BCUT2D eigenvalue weighted by Crippen LogP contribution is 2.44. The van der Waals surface area contributed by atoms with Gasteiger partial charge in [-0.1, -0.05) is 67.4 Å². The minimum Gasteiger partial charge on any atom is -0.478 e. The van der Waals surface area contributed by atoms with E-state index in [1.807, 2.05) is 24.3 Å². The van der Waals surface area contributed by atoms with Crippen molar-refractivity contribution in [3.05, 3.63) is 71.8 Å². The Morgan fingerprint density at radius 2 is 1.59 bits per heavy atom. The lowest BCUT2D eigenvalue weighted by molar-refractivity contribution is -0.131. The summed E-state index contributed by atoms with van der Waals surface area (Å²) < 4.78 is 5.61. The molecule has 1 fully saturated rings. The van der Waals surface area contributed by atoms with Crippen LogP contribution in [0.4, 0.5) is 4.79 Å². The number of hydrogen-bond acceptors (Lipinski definition) is 4. The molecule has 4 rings (SSSR count). The normalized spacial score (nSPS) is 16.4. The van der Waals surface area contributed by atoms with E-state index >= 15 is 0 Å². The third-order valence-corrected chi connectivity index (χ3v) is 6.22. The Morgan fingerprint density at radius 3 is 2.19 bits per heavy atom. The first-order valence-corrected chi connectivity index (χ1v) is 10.8. The fraction of sp³-hybridized carbons (Fsp3) is 0.320. The summed E-state index contributed by atoms with van der Waals surface area (Å²) >= 11 is 0. The van der Waals surface area contributed by atoms with Crippen LogP contribution in [-0.2, 0) is 14.3 Å².